The highest BCUT2D eigenvalue weighted by molar-refractivity contribution is 7.47. The second kappa shape index (κ2) is 40.4. The van der Waals surface area contributed by atoms with Crippen LogP contribution in [0, 0.1) is 0 Å². The normalized spacial score (nSPS) is 13.4. The number of phosphoric acid groups is 1. The lowest BCUT2D eigenvalue weighted by Gasteiger charge is -2.15. The van der Waals surface area contributed by atoms with Crippen LogP contribution in [0.25, 0.3) is 0 Å². The van der Waals surface area contributed by atoms with Crippen molar-refractivity contribution < 1.29 is 37.9 Å². The van der Waals surface area contributed by atoms with Crippen molar-refractivity contribution >= 4 is 19.7 Å². The number of aliphatic hydroxyl groups excluding tert-OH is 1. The predicted octanol–water partition coefficient (Wildman–Crippen LogP) is 12.2. The number of ether oxygens (including phenoxy) is 1. The number of rotatable bonds is 42. The van der Waals surface area contributed by atoms with Crippen LogP contribution in [-0.4, -0.2) is 54.3 Å². The van der Waals surface area contributed by atoms with Crippen LogP contribution in [-0.2, 0) is 27.9 Å². The van der Waals surface area contributed by atoms with Gasteiger partial charge in [-0.1, -0.05) is 180 Å². The van der Waals surface area contributed by atoms with Crippen molar-refractivity contribution in [2.45, 2.75) is 225 Å². The number of nitrogens with one attached hydrogen (secondary N) is 1. The first kappa shape index (κ1) is 51.8. The monoisotopic (exact) mass is 774 g/mol. The van der Waals surface area contributed by atoms with Gasteiger partial charge in [0.1, 0.15) is 12.7 Å². The summed E-state index contributed by atoms with van der Waals surface area (Å²) in [6, 6.07) is 0. The Hall–Kier alpha value is -1.25. The third-order valence-corrected chi connectivity index (χ3v) is 10.7. The largest absolute Gasteiger partial charge is 0.472 e. The summed E-state index contributed by atoms with van der Waals surface area (Å²) in [5, 5.41) is 12.7. The summed E-state index contributed by atoms with van der Waals surface area (Å²) < 4.78 is 26.8. The zero-order valence-corrected chi connectivity index (χ0v) is 35.4. The van der Waals surface area contributed by atoms with E-state index >= 15 is 0 Å². The Labute approximate surface area is 326 Å². The molecule has 0 fully saturated rings. The van der Waals surface area contributed by atoms with Crippen molar-refractivity contribution in [1.82, 2.24) is 5.32 Å². The molecule has 0 radical (unpaired) electrons. The standard InChI is InChI=1S/C43H84NO8P/c1-3-5-7-9-11-13-14-15-16-17-18-19-20-21-22-23-24-25-26-28-29-31-33-35-42(46)44-37-38-51-53(48,49)52-40-41(45)39-50-43(47)36-34-32-30-27-12-10-8-6-4-2/h15-16,41,45H,3-14,17-40H2,1-2H3,(H,44,46)(H,48,49)/b16-15+. The van der Waals surface area contributed by atoms with Gasteiger partial charge in [0.2, 0.25) is 5.91 Å². The maximum Gasteiger partial charge on any atom is 0.472 e. The van der Waals surface area contributed by atoms with Crippen LogP contribution < -0.4 is 5.32 Å². The summed E-state index contributed by atoms with van der Waals surface area (Å²) in [5.74, 6) is -0.511. The summed E-state index contributed by atoms with van der Waals surface area (Å²) in [6.45, 7) is 3.55. The minimum Gasteiger partial charge on any atom is -0.463 e. The number of hydrogen-bond donors (Lipinski definition) is 3. The highest BCUT2D eigenvalue weighted by atomic mass is 31.2. The minimum absolute atomic E-state index is 0.0858. The van der Waals surface area contributed by atoms with Crippen LogP contribution in [0.1, 0.15) is 219 Å². The van der Waals surface area contributed by atoms with Gasteiger partial charge < -0.3 is 20.1 Å². The fourth-order valence-electron chi connectivity index (χ4n) is 6.32. The van der Waals surface area contributed by atoms with E-state index in [0.717, 1.165) is 38.5 Å². The Bertz CT molecular complexity index is 886. The number of hydrogen-bond acceptors (Lipinski definition) is 7. The second-order valence-corrected chi connectivity index (χ2v) is 16.5. The van der Waals surface area contributed by atoms with Crippen LogP contribution in [0.4, 0.5) is 0 Å². The quantitative estimate of drug-likeness (QED) is 0.0242. The Morgan fingerprint density at radius 3 is 1.42 bits per heavy atom. The lowest BCUT2D eigenvalue weighted by atomic mass is 10.0. The lowest BCUT2D eigenvalue weighted by molar-refractivity contribution is -0.147. The molecule has 0 aromatic heterocycles. The first-order valence-corrected chi connectivity index (χ1v) is 23.7. The van der Waals surface area contributed by atoms with Crippen LogP contribution >= 0.6 is 7.82 Å². The Morgan fingerprint density at radius 2 is 0.962 bits per heavy atom. The number of allylic oxidation sites excluding steroid dienone is 2. The maximum absolute atomic E-state index is 12.1. The molecule has 2 unspecified atom stereocenters. The second-order valence-electron chi connectivity index (χ2n) is 15.0. The zero-order valence-electron chi connectivity index (χ0n) is 34.5. The number of amides is 1. The summed E-state index contributed by atoms with van der Waals surface area (Å²) in [5.41, 5.74) is 0. The molecule has 0 heterocycles. The molecule has 0 spiro atoms. The van der Waals surface area contributed by atoms with E-state index in [1.807, 2.05) is 0 Å². The van der Waals surface area contributed by atoms with Crippen LogP contribution in [0.5, 0.6) is 0 Å². The fraction of sp³-hybridized carbons (Fsp3) is 0.907. The molecule has 0 aliphatic carbocycles. The molecule has 0 saturated carbocycles. The summed E-state index contributed by atoms with van der Waals surface area (Å²) in [6.07, 6.45) is 41.6. The fourth-order valence-corrected chi connectivity index (χ4v) is 7.07. The highest BCUT2D eigenvalue weighted by Gasteiger charge is 2.23. The van der Waals surface area contributed by atoms with Gasteiger partial charge in [0.15, 0.2) is 0 Å². The number of esters is 1. The molecule has 0 aliphatic heterocycles. The maximum atomic E-state index is 12.1. The minimum atomic E-state index is -4.41. The molecule has 0 aromatic rings. The topological polar surface area (TPSA) is 131 Å². The first-order valence-electron chi connectivity index (χ1n) is 22.2. The molecule has 3 N–H and O–H groups in total. The number of aliphatic hydroxyl groups is 1. The Morgan fingerprint density at radius 1 is 0.566 bits per heavy atom. The first-order chi connectivity index (χ1) is 25.8. The molecule has 0 saturated heterocycles. The van der Waals surface area contributed by atoms with Crippen molar-refractivity contribution in [2.75, 3.05) is 26.4 Å². The zero-order chi connectivity index (χ0) is 38.9. The molecule has 9 nitrogen and oxygen atoms in total. The smallest absolute Gasteiger partial charge is 0.463 e. The third kappa shape index (κ3) is 41.7. The molecule has 0 bridgehead atoms. The van der Waals surface area contributed by atoms with Gasteiger partial charge in [0.25, 0.3) is 0 Å². The predicted molar refractivity (Wildman–Crippen MR) is 220 cm³/mol. The average Bonchev–Trinajstić information content (AvgIpc) is 3.14. The van der Waals surface area contributed by atoms with Gasteiger partial charge in [-0.05, 0) is 38.5 Å². The van der Waals surface area contributed by atoms with Crippen LogP contribution in [0.15, 0.2) is 12.2 Å². The molecule has 1 amide bonds. The van der Waals surface area contributed by atoms with Gasteiger partial charge in [-0.2, -0.15) is 0 Å². The summed E-state index contributed by atoms with van der Waals surface area (Å²) >= 11 is 0. The van der Waals surface area contributed by atoms with Gasteiger partial charge >= 0.3 is 13.8 Å². The lowest BCUT2D eigenvalue weighted by Crippen LogP contribution is -2.27. The van der Waals surface area contributed by atoms with Crippen LogP contribution in [0.3, 0.4) is 0 Å². The highest BCUT2D eigenvalue weighted by Crippen LogP contribution is 2.42. The molecular weight excluding hydrogens is 689 g/mol. The van der Waals surface area contributed by atoms with E-state index in [-0.39, 0.29) is 32.1 Å². The van der Waals surface area contributed by atoms with E-state index in [2.05, 4.69) is 31.3 Å². The van der Waals surface area contributed by atoms with Crippen molar-refractivity contribution in [3.05, 3.63) is 12.2 Å². The van der Waals surface area contributed by atoms with Gasteiger partial charge in [0.05, 0.1) is 13.2 Å². The SMILES string of the molecule is CCCCCCCC/C=C/CCCCCCCCCCCCCCCC(=O)NCCOP(=O)(O)OCC(O)COC(=O)CCCCCCCCCCC. The number of carbonyl (C=O) groups excluding carboxylic acids is 2. The molecule has 10 heteroatoms. The van der Waals surface area contributed by atoms with E-state index in [0.29, 0.717) is 6.42 Å². The molecule has 314 valence electrons. The molecule has 2 atom stereocenters. The molecular formula is C43H84NO8P. The van der Waals surface area contributed by atoms with Crippen LogP contribution in [0.2, 0.25) is 0 Å². The van der Waals surface area contributed by atoms with Gasteiger partial charge in [0, 0.05) is 19.4 Å². The van der Waals surface area contributed by atoms with Gasteiger partial charge in [-0.3, -0.25) is 18.6 Å². The number of carbonyl (C=O) groups is 2. The molecule has 0 rings (SSSR count). The summed E-state index contributed by atoms with van der Waals surface area (Å²) in [4.78, 5) is 33.8. The summed E-state index contributed by atoms with van der Waals surface area (Å²) in [7, 11) is -4.41. The van der Waals surface area contributed by atoms with E-state index in [1.165, 1.54) is 154 Å². The van der Waals surface area contributed by atoms with E-state index in [4.69, 9.17) is 13.8 Å². The van der Waals surface area contributed by atoms with Crippen molar-refractivity contribution in [3.8, 4) is 0 Å². The Balaban J connectivity index is 3.51. The third-order valence-electron chi connectivity index (χ3n) is 9.70. The average molecular weight is 774 g/mol. The van der Waals surface area contributed by atoms with Crippen molar-refractivity contribution in [1.29, 1.82) is 0 Å². The molecule has 53 heavy (non-hydrogen) atoms. The molecule has 0 aromatic carbocycles. The van der Waals surface area contributed by atoms with E-state index < -0.39 is 26.5 Å². The number of unbranched alkanes of at least 4 members (excludes halogenated alkanes) is 27. The van der Waals surface area contributed by atoms with Gasteiger partial charge in [-0.25, -0.2) is 4.57 Å². The van der Waals surface area contributed by atoms with Crippen molar-refractivity contribution in [3.63, 3.8) is 0 Å². The van der Waals surface area contributed by atoms with E-state index in [9.17, 15) is 24.2 Å². The van der Waals surface area contributed by atoms with E-state index in [1.54, 1.807) is 0 Å². The molecule has 0 aliphatic rings. The number of phosphoric ester groups is 1. The van der Waals surface area contributed by atoms with Crippen molar-refractivity contribution in [2.24, 2.45) is 0 Å². The van der Waals surface area contributed by atoms with Gasteiger partial charge in [-0.15, -0.1) is 0 Å². The Kier molecular flexibility index (Phi) is 39.5.